The van der Waals surface area contributed by atoms with Crippen molar-refractivity contribution in [1.82, 2.24) is 9.97 Å². The Bertz CT molecular complexity index is 845. The molecular formula is C19H18N4O. The molecule has 120 valence electrons. The average Bonchev–Trinajstić information content (AvgIpc) is 2.55. The maximum Gasteiger partial charge on any atom is 0.159 e. The van der Waals surface area contributed by atoms with E-state index in [4.69, 9.17) is 0 Å². The number of rotatable bonds is 5. The van der Waals surface area contributed by atoms with Crippen LogP contribution in [0.25, 0.3) is 0 Å². The molecule has 0 saturated carbocycles. The van der Waals surface area contributed by atoms with Crippen LogP contribution in [0.15, 0.2) is 60.7 Å². The van der Waals surface area contributed by atoms with Crippen molar-refractivity contribution in [1.29, 1.82) is 0 Å². The molecule has 0 amide bonds. The normalized spacial score (nSPS) is 10.2. The number of Topliss-reactive ketones (excluding diaryl/α,β-unsaturated/α-hetero) is 1. The summed E-state index contributed by atoms with van der Waals surface area (Å²) in [7, 11) is 0. The summed E-state index contributed by atoms with van der Waals surface area (Å²) >= 11 is 0. The zero-order valence-corrected chi connectivity index (χ0v) is 13.6. The van der Waals surface area contributed by atoms with Crippen LogP contribution >= 0.6 is 0 Å². The lowest BCUT2D eigenvalue weighted by Gasteiger charge is -2.10. The van der Waals surface area contributed by atoms with E-state index < -0.39 is 0 Å². The van der Waals surface area contributed by atoms with Crippen molar-refractivity contribution in [3.63, 3.8) is 0 Å². The molecular weight excluding hydrogens is 300 g/mol. The molecule has 0 atom stereocenters. The van der Waals surface area contributed by atoms with E-state index in [1.807, 2.05) is 55.5 Å². The van der Waals surface area contributed by atoms with Gasteiger partial charge in [-0.2, -0.15) is 0 Å². The van der Waals surface area contributed by atoms with E-state index in [2.05, 4.69) is 20.6 Å². The third-order valence-electron chi connectivity index (χ3n) is 3.45. The van der Waals surface area contributed by atoms with Crippen molar-refractivity contribution in [2.75, 3.05) is 10.6 Å². The Morgan fingerprint density at radius 3 is 1.92 bits per heavy atom. The molecule has 0 unspecified atom stereocenters. The number of para-hydroxylation sites is 1. The number of benzene rings is 2. The summed E-state index contributed by atoms with van der Waals surface area (Å²) in [6.45, 7) is 3.40. The fourth-order valence-electron chi connectivity index (χ4n) is 2.30. The van der Waals surface area contributed by atoms with Gasteiger partial charge < -0.3 is 10.6 Å². The summed E-state index contributed by atoms with van der Waals surface area (Å²) < 4.78 is 0. The summed E-state index contributed by atoms with van der Waals surface area (Å²) in [4.78, 5) is 20.1. The van der Waals surface area contributed by atoms with Crippen LogP contribution in [0.3, 0.4) is 0 Å². The van der Waals surface area contributed by atoms with Gasteiger partial charge in [0.15, 0.2) is 5.78 Å². The van der Waals surface area contributed by atoms with Crippen molar-refractivity contribution < 1.29 is 4.79 Å². The summed E-state index contributed by atoms with van der Waals surface area (Å²) in [6.07, 6.45) is 0. The van der Waals surface area contributed by atoms with Gasteiger partial charge >= 0.3 is 0 Å². The van der Waals surface area contributed by atoms with Crippen molar-refractivity contribution >= 4 is 28.8 Å². The summed E-state index contributed by atoms with van der Waals surface area (Å²) in [5.74, 6) is 2.13. The second kappa shape index (κ2) is 6.91. The maximum absolute atomic E-state index is 11.3. The van der Waals surface area contributed by atoms with Crippen LogP contribution in [-0.2, 0) is 0 Å². The van der Waals surface area contributed by atoms with Gasteiger partial charge in [0, 0.05) is 23.0 Å². The monoisotopic (exact) mass is 318 g/mol. The Hall–Kier alpha value is -3.21. The largest absolute Gasteiger partial charge is 0.340 e. The number of aromatic nitrogens is 2. The molecule has 2 aromatic carbocycles. The first-order valence-electron chi connectivity index (χ1n) is 7.66. The number of anilines is 4. The Kier molecular flexibility index (Phi) is 4.52. The highest BCUT2D eigenvalue weighted by atomic mass is 16.1. The Morgan fingerprint density at radius 1 is 0.833 bits per heavy atom. The first kappa shape index (κ1) is 15.7. The molecule has 1 aromatic heterocycles. The highest BCUT2D eigenvalue weighted by Gasteiger charge is 2.04. The summed E-state index contributed by atoms with van der Waals surface area (Å²) in [5.41, 5.74) is 2.52. The SMILES string of the molecule is CC(=O)c1ccc(Nc2cc(Nc3ccccc3)nc(C)n2)cc1. The molecule has 5 nitrogen and oxygen atoms in total. The smallest absolute Gasteiger partial charge is 0.159 e. The van der Waals surface area contributed by atoms with Crippen LogP contribution in [0.5, 0.6) is 0 Å². The fourth-order valence-corrected chi connectivity index (χ4v) is 2.30. The van der Waals surface area contributed by atoms with E-state index in [0.717, 1.165) is 17.2 Å². The molecule has 0 aliphatic heterocycles. The zero-order valence-electron chi connectivity index (χ0n) is 13.6. The van der Waals surface area contributed by atoms with Gasteiger partial charge in [-0.3, -0.25) is 4.79 Å². The minimum atomic E-state index is 0.0498. The molecule has 5 heteroatoms. The molecule has 3 rings (SSSR count). The molecule has 0 spiro atoms. The molecule has 0 bridgehead atoms. The van der Waals surface area contributed by atoms with Crippen LogP contribution in [0.2, 0.25) is 0 Å². The Labute approximate surface area is 140 Å². The highest BCUT2D eigenvalue weighted by molar-refractivity contribution is 5.94. The number of hydrogen-bond donors (Lipinski definition) is 2. The van der Waals surface area contributed by atoms with Gasteiger partial charge in [-0.25, -0.2) is 9.97 Å². The van der Waals surface area contributed by atoms with Gasteiger partial charge in [0.25, 0.3) is 0 Å². The number of ketones is 1. The van der Waals surface area contributed by atoms with E-state index in [0.29, 0.717) is 17.2 Å². The van der Waals surface area contributed by atoms with Crippen LogP contribution in [0.1, 0.15) is 23.1 Å². The predicted molar refractivity (Wildman–Crippen MR) is 96.2 cm³/mol. The van der Waals surface area contributed by atoms with Crippen LogP contribution in [-0.4, -0.2) is 15.8 Å². The van der Waals surface area contributed by atoms with Gasteiger partial charge in [-0.05, 0) is 50.2 Å². The minimum Gasteiger partial charge on any atom is -0.340 e. The summed E-state index contributed by atoms with van der Waals surface area (Å²) in [5, 5.41) is 6.49. The average molecular weight is 318 g/mol. The molecule has 24 heavy (non-hydrogen) atoms. The van der Waals surface area contributed by atoms with Gasteiger partial charge in [-0.15, -0.1) is 0 Å². The second-order valence-electron chi connectivity index (χ2n) is 5.44. The zero-order chi connectivity index (χ0) is 16.9. The Morgan fingerprint density at radius 2 is 1.38 bits per heavy atom. The van der Waals surface area contributed by atoms with Gasteiger partial charge in [0.2, 0.25) is 0 Å². The number of carbonyl (C=O) groups excluding carboxylic acids is 1. The van der Waals surface area contributed by atoms with E-state index >= 15 is 0 Å². The van der Waals surface area contributed by atoms with E-state index in [1.54, 1.807) is 19.1 Å². The molecule has 0 saturated heterocycles. The molecule has 2 N–H and O–H groups in total. The van der Waals surface area contributed by atoms with E-state index in [-0.39, 0.29) is 5.78 Å². The van der Waals surface area contributed by atoms with E-state index in [1.165, 1.54) is 0 Å². The minimum absolute atomic E-state index is 0.0498. The highest BCUT2D eigenvalue weighted by Crippen LogP contribution is 2.20. The van der Waals surface area contributed by atoms with Gasteiger partial charge in [0.05, 0.1) is 0 Å². The van der Waals surface area contributed by atoms with Crippen LogP contribution in [0.4, 0.5) is 23.0 Å². The molecule has 1 heterocycles. The maximum atomic E-state index is 11.3. The van der Waals surface area contributed by atoms with Crippen molar-refractivity contribution in [3.05, 3.63) is 72.1 Å². The van der Waals surface area contributed by atoms with Crippen LogP contribution in [0, 0.1) is 6.92 Å². The lowest BCUT2D eigenvalue weighted by atomic mass is 10.1. The first-order valence-corrected chi connectivity index (χ1v) is 7.66. The first-order chi connectivity index (χ1) is 11.6. The molecule has 0 fully saturated rings. The van der Waals surface area contributed by atoms with Gasteiger partial charge in [-0.1, -0.05) is 18.2 Å². The Balaban J connectivity index is 1.79. The predicted octanol–water partition coefficient (Wildman–Crippen LogP) is 4.47. The van der Waals surface area contributed by atoms with E-state index in [9.17, 15) is 4.79 Å². The topological polar surface area (TPSA) is 66.9 Å². The number of carbonyl (C=O) groups is 1. The number of nitrogens with zero attached hydrogens (tertiary/aromatic N) is 2. The van der Waals surface area contributed by atoms with Crippen molar-refractivity contribution in [3.8, 4) is 0 Å². The van der Waals surface area contributed by atoms with Gasteiger partial charge in [0.1, 0.15) is 17.5 Å². The molecule has 3 aromatic rings. The van der Waals surface area contributed by atoms with Crippen molar-refractivity contribution in [2.24, 2.45) is 0 Å². The third kappa shape index (κ3) is 3.95. The second-order valence-corrected chi connectivity index (χ2v) is 5.44. The molecule has 0 radical (unpaired) electrons. The fraction of sp³-hybridized carbons (Fsp3) is 0.105. The number of hydrogen-bond acceptors (Lipinski definition) is 5. The van der Waals surface area contributed by atoms with Crippen molar-refractivity contribution in [2.45, 2.75) is 13.8 Å². The quantitative estimate of drug-likeness (QED) is 0.679. The summed E-state index contributed by atoms with van der Waals surface area (Å²) in [6, 6.07) is 19.0. The number of nitrogens with one attached hydrogen (secondary N) is 2. The lowest BCUT2D eigenvalue weighted by Crippen LogP contribution is -2.01. The third-order valence-corrected chi connectivity index (χ3v) is 3.45. The number of aryl methyl sites for hydroxylation is 1. The van der Waals surface area contributed by atoms with Crippen LogP contribution < -0.4 is 10.6 Å². The standard InChI is InChI=1S/C19H18N4O/c1-13(24)15-8-10-17(11-9-15)23-19-12-18(20-14(2)21-19)22-16-6-4-3-5-7-16/h3-12H,1-2H3,(H2,20,21,22,23). The molecule has 0 aliphatic carbocycles. The molecule has 0 aliphatic rings. The lowest BCUT2D eigenvalue weighted by molar-refractivity contribution is 0.101.